The SMILES string of the molecule is CC[C@H]1CCCCN1C(=O)CN1C(=O)N[C@]2(CCOc3ccccc32)C1=O. The molecule has 0 aliphatic carbocycles. The third kappa shape index (κ3) is 2.85. The van der Waals surface area contributed by atoms with Gasteiger partial charge in [0.15, 0.2) is 5.54 Å². The summed E-state index contributed by atoms with van der Waals surface area (Å²) in [5.74, 6) is 0.0942. The van der Waals surface area contributed by atoms with Gasteiger partial charge in [0, 0.05) is 24.6 Å². The van der Waals surface area contributed by atoms with E-state index in [0.29, 0.717) is 30.9 Å². The second kappa shape index (κ2) is 6.87. The second-order valence-electron chi connectivity index (χ2n) is 7.47. The molecule has 3 heterocycles. The quantitative estimate of drug-likeness (QED) is 0.825. The number of imide groups is 1. The molecule has 2 atom stereocenters. The average Bonchev–Trinajstić information content (AvgIpc) is 2.93. The summed E-state index contributed by atoms with van der Waals surface area (Å²) in [6.45, 7) is 2.90. The van der Waals surface area contributed by atoms with Crippen molar-refractivity contribution >= 4 is 17.8 Å². The summed E-state index contributed by atoms with van der Waals surface area (Å²) >= 11 is 0. The number of benzene rings is 1. The molecule has 0 bridgehead atoms. The standard InChI is InChI=1S/C20H25N3O4/c1-2-14-7-5-6-11-22(14)17(24)13-23-18(25)20(21-19(23)26)10-12-27-16-9-4-3-8-15(16)20/h3-4,8-9,14H,2,5-7,10-13H2,1H3,(H,21,26)/t14-,20-/m0/s1. The van der Waals surface area contributed by atoms with E-state index in [1.165, 1.54) is 0 Å². The summed E-state index contributed by atoms with van der Waals surface area (Å²) in [5.41, 5.74) is -0.466. The molecule has 1 N–H and O–H groups in total. The minimum Gasteiger partial charge on any atom is -0.493 e. The maximum Gasteiger partial charge on any atom is 0.325 e. The molecule has 7 nitrogen and oxygen atoms in total. The van der Waals surface area contributed by atoms with Gasteiger partial charge in [-0.05, 0) is 31.7 Å². The van der Waals surface area contributed by atoms with Crippen molar-refractivity contribution in [3.05, 3.63) is 29.8 Å². The van der Waals surface area contributed by atoms with Gasteiger partial charge in [-0.1, -0.05) is 25.1 Å². The molecule has 2 saturated heterocycles. The Bertz CT molecular complexity index is 780. The second-order valence-corrected chi connectivity index (χ2v) is 7.47. The van der Waals surface area contributed by atoms with Gasteiger partial charge >= 0.3 is 6.03 Å². The van der Waals surface area contributed by atoms with Gasteiger partial charge in [-0.25, -0.2) is 4.79 Å². The van der Waals surface area contributed by atoms with Gasteiger partial charge in [-0.15, -0.1) is 0 Å². The number of nitrogens with one attached hydrogen (secondary N) is 1. The Hall–Kier alpha value is -2.57. The molecule has 1 aromatic rings. The minimum absolute atomic E-state index is 0.151. The van der Waals surface area contributed by atoms with Gasteiger partial charge in [0.1, 0.15) is 12.3 Å². The molecule has 144 valence electrons. The highest BCUT2D eigenvalue weighted by Crippen LogP contribution is 2.41. The monoisotopic (exact) mass is 371 g/mol. The van der Waals surface area contributed by atoms with Crippen molar-refractivity contribution in [3.63, 3.8) is 0 Å². The molecule has 0 radical (unpaired) electrons. The van der Waals surface area contributed by atoms with E-state index in [1.54, 1.807) is 12.1 Å². The van der Waals surface area contributed by atoms with Crippen LogP contribution < -0.4 is 10.1 Å². The van der Waals surface area contributed by atoms with E-state index in [2.05, 4.69) is 12.2 Å². The van der Waals surface area contributed by atoms with Crippen LogP contribution in [-0.2, 0) is 15.1 Å². The molecule has 0 unspecified atom stereocenters. The zero-order valence-electron chi connectivity index (χ0n) is 15.6. The number of carbonyl (C=O) groups excluding carboxylic acids is 3. The highest BCUT2D eigenvalue weighted by atomic mass is 16.5. The maximum atomic E-state index is 13.2. The van der Waals surface area contributed by atoms with Gasteiger partial charge in [-0.3, -0.25) is 14.5 Å². The molecule has 1 spiro atoms. The van der Waals surface area contributed by atoms with E-state index >= 15 is 0 Å². The summed E-state index contributed by atoms with van der Waals surface area (Å²) in [4.78, 5) is 41.6. The summed E-state index contributed by atoms with van der Waals surface area (Å²) in [5, 5.41) is 2.85. The molecule has 4 amide bonds. The fourth-order valence-electron chi connectivity index (χ4n) is 4.49. The first-order valence-corrected chi connectivity index (χ1v) is 9.72. The molecule has 27 heavy (non-hydrogen) atoms. The Balaban J connectivity index is 1.57. The third-order valence-electron chi connectivity index (χ3n) is 5.97. The Labute approximate surface area is 158 Å². The van der Waals surface area contributed by atoms with Crippen molar-refractivity contribution in [2.24, 2.45) is 0 Å². The number of amides is 4. The van der Waals surface area contributed by atoms with Crippen LogP contribution in [0.2, 0.25) is 0 Å². The highest BCUT2D eigenvalue weighted by molar-refractivity contribution is 6.09. The number of piperidine rings is 1. The van der Waals surface area contributed by atoms with E-state index in [0.717, 1.165) is 30.6 Å². The first kappa shape index (κ1) is 17.8. The molecule has 1 aromatic carbocycles. The highest BCUT2D eigenvalue weighted by Gasteiger charge is 2.55. The molecular weight excluding hydrogens is 346 g/mol. The zero-order valence-corrected chi connectivity index (χ0v) is 15.6. The first-order valence-electron chi connectivity index (χ1n) is 9.72. The number of carbonyl (C=O) groups is 3. The normalized spacial score (nSPS) is 27.4. The number of hydrogen-bond acceptors (Lipinski definition) is 4. The largest absolute Gasteiger partial charge is 0.493 e. The summed E-state index contributed by atoms with van der Waals surface area (Å²) in [6, 6.07) is 6.95. The summed E-state index contributed by atoms with van der Waals surface area (Å²) in [6.07, 6.45) is 4.32. The van der Waals surface area contributed by atoms with Crippen LogP contribution in [-0.4, -0.2) is 53.4 Å². The van der Waals surface area contributed by atoms with E-state index < -0.39 is 11.6 Å². The van der Waals surface area contributed by atoms with Crippen molar-refractivity contribution in [2.75, 3.05) is 19.7 Å². The average molecular weight is 371 g/mol. The van der Waals surface area contributed by atoms with Crippen LogP contribution in [0, 0.1) is 0 Å². The fraction of sp³-hybridized carbons (Fsp3) is 0.550. The smallest absolute Gasteiger partial charge is 0.325 e. The van der Waals surface area contributed by atoms with Crippen LogP contribution in [0.4, 0.5) is 4.79 Å². The third-order valence-corrected chi connectivity index (χ3v) is 5.97. The van der Waals surface area contributed by atoms with Gasteiger partial charge < -0.3 is 15.0 Å². The molecule has 0 aromatic heterocycles. The summed E-state index contributed by atoms with van der Waals surface area (Å²) < 4.78 is 5.64. The molecule has 2 fully saturated rings. The van der Waals surface area contributed by atoms with Crippen LogP contribution in [0.25, 0.3) is 0 Å². The molecule has 7 heteroatoms. The van der Waals surface area contributed by atoms with Crippen LogP contribution >= 0.6 is 0 Å². The molecule has 3 aliphatic rings. The number of hydrogen-bond donors (Lipinski definition) is 1. The maximum absolute atomic E-state index is 13.2. The van der Waals surface area contributed by atoms with E-state index in [1.807, 2.05) is 17.0 Å². The van der Waals surface area contributed by atoms with Crippen molar-refractivity contribution in [2.45, 2.75) is 50.6 Å². The molecule has 4 rings (SSSR count). The molecule has 3 aliphatic heterocycles. The van der Waals surface area contributed by atoms with Gasteiger partial charge in [0.25, 0.3) is 5.91 Å². The number of fused-ring (bicyclic) bond motifs is 2. The van der Waals surface area contributed by atoms with Gasteiger partial charge in [-0.2, -0.15) is 0 Å². The Morgan fingerprint density at radius 2 is 2.11 bits per heavy atom. The zero-order chi connectivity index (χ0) is 19.0. The lowest BCUT2D eigenvalue weighted by Gasteiger charge is -2.36. The Morgan fingerprint density at radius 1 is 1.30 bits per heavy atom. The van der Waals surface area contributed by atoms with Crippen LogP contribution in [0.15, 0.2) is 24.3 Å². The van der Waals surface area contributed by atoms with Crippen molar-refractivity contribution in [1.82, 2.24) is 15.1 Å². The lowest BCUT2D eigenvalue weighted by atomic mass is 9.84. The topological polar surface area (TPSA) is 79.0 Å². The lowest BCUT2D eigenvalue weighted by Crippen LogP contribution is -2.50. The Morgan fingerprint density at radius 3 is 2.93 bits per heavy atom. The number of rotatable bonds is 3. The predicted molar refractivity (Wildman–Crippen MR) is 98.1 cm³/mol. The minimum atomic E-state index is -1.13. The molecule has 0 saturated carbocycles. The van der Waals surface area contributed by atoms with Crippen molar-refractivity contribution in [3.8, 4) is 5.75 Å². The number of likely N-dealkylation sites (tertiary alicyclic amines) is 1. The Kier molecular flexibility index (Phi) is 4.53. The first-order chi connectivity index (χ1) is 13.1. The van der Waals surface area contributed by atoms with E-state index in [4.69, 9.17) is 4.74 Å². The van der Waals surface area contributed by atoms with Gasteiger partial charge in [0.05, 0.1) is 6.61 Å². The fourth-order valence-corrected chi connectivity index (χ4v) is 4.49. The van der Waals surface area contributed by atoms with Crippen LogP contribution in [0.3, 0.4) is 0 Å². The van der Waals surface area contributed by atoms with Gasteiger partial charge in [0.2, 0.25) is 5.91 Å². The number of nitrogens with zero attached hydrogens (tertiary/aromatic N) is 2. The predicted octanol–water partition coefficient (Wildman–Crippen LogP) is 2.01. The number of ether oxygens (including phenoxy) is 1. The summed E-state index contributed by atoms with van der Waals surface area (Å²) in [7, 11) is 0. The van der Waals surface area contributed by atoms with Crippen LogP contribution in [0.5, 0.6) is 5.75 Å². The van der Waals surface area contributed by atoms with Crippen molar-refractivity contribution < 1.29 is 19.1 Å². The molecular formula is C20H25N3O4. The van der Waals surface area contributed by atoms with E-state index in [-0.39, 0.29) is 24.4 Å². The number of para-hydroxylation sites is 1. The van der Waals surface area contributed by atoms with Crippen LogP contribution in [0.1, 0.15) is 44.6 Å². The lowest BCUT2D eigenvalue weighted by molar-refractivity contribution is -0.141. The number of urea groups is 1. The van der Waals surface area contributed by atoms with E-state index in [9.17, 15) is 14.4 Å². The van der Waals surface area contributed by atoms with Crippen molar-refractivity contribution in [1.29, 1.82) is 0 Å².